The number of hydrogen-bond acceptors (Lipinski definition) is 5. The average molecular weight is 229 g/mol. The highest BCUT2D eigenvalue weighted by Crippen LogP contribution is 2.20. The van der Waals surface area contributed by atoms with Crippen LogP contribution in [0.5, 0.6) is 11.8 Å². The van der Waals surface area contributed by atoms with E-state index >= 15 is 0 Å². The van der Waals surface area contributed by atoms with E-state index in [4.69, 9.17) is 0 Å². The number of aromatic hydroxyl groups is 2. The normalized spacial score (nSPS) is 10.2. The molecule has 0 saturated heterocycles. The molecule has 0 unspecified atom stereocenters. The van der Waals surface area contributed by atoms with Crippen molar-refractivity contribution < 1.29 is 19.8 Å². The fraction of sp³-hybridized carbons (Fsp3) is 0.333. The van der Waals surface area contributed by atoms with Crippen molar-refractivity contribution in [1.82, 2.24) is 4.57 Å². The van der Waals surface area contributed by atoms with Gasteiger partial charge in [-0.05, 0) is 0 Å². The van der Waals surface area contributed by atoms with Gasteiger partial charge in [0.25, 0.3) is 0 Å². The van der Waals surface area contributed by atoms with Crippen molar-refractivity contribution in [2.45, 2.75) is 13.5 Å². The molecule has 0 aliphatic rings. The Balaban J connectivity index is 2.55. The molecule has 1 rings (SSSR count). The van der Waals surface area contributed by atoms with Crippen LogP contribution in [0.1, 0.15) is 6.92 Å². The Labute approximate surface area is 90.7 Å². The summed E-state index contributed by atoms with van der Waals surface area (Å²) in [5, 5.41) is 18.3. The number of ketones is 1. The monoisotopic (exact) mass is 229 g/mol. The van der Waals surface area contributed by atoms with E-state index in [9.17, 15) is 19.8 Å². The Kier molecular flexibility index (Phi) is 3.79. The molecule has 0 aromatic carbocycles. The molecule has 0 radical (unpaired) electrons. The van der Waals surface area contributed by atoms with Crippen molar-refractivity contribution in [3.05, 3.63) is 12.1 Å². The first-order valence-electron chi connectivity index (χ1n) is 4.23. The number of aromatic nitrogens is 1. The second kappa shape index (κ2) is 4.88. The SMILES string of the molecule is CC(=O)SCC(=O)Cn1c(O)ccc1O. The van der Waals surface area contributed by atoms with Crippen LogP contribution in [-0.2, 0) is 16.1 Å². The van der Waals surface area contributed by atoms with E-state index in [-0.39, 0.29) is 35.0 Å². The molecule has 0 atom stereocenters. The van der Waals surface area contributed by atoms with Gasteiger partial charge in [-0.1, -0.05) is 11.8 Å². The van der Waals surface area contributed by atoms with Crippen LogP contribution >= 0.6 is 11.8 Å². The van der Waals surface area contributed by atoms with Gasteiger partial charge < -0.3 is 10.2 Å². The van der Waals surface area contributed by atoms with Crippen molar-refractivity contribution in [2.24, 2.45) is 0 Å². The Morgan fingerprint density at radius 1 is 1.33 bits per heavy atom. The largest absolute Gasteiger partial charge is 0.494 e. The first-order chi connectivity index (χ1) is 7.00. The summed E-state index contributed by atoms with van der Waals surface area (Å²) in [6.07, 6.45) is 0. The number of carbonyl (C=O) groups is 2. The minimum atomic E-state index is -0.239. The Hall–Kier alpha value is -1.43. The van der Waals surface area contributed by atoms with Crippen molar-refractivity contribution >= 4 is 22.7 Å². The minimum Gasteiger partial charge on any atom is -0.494 e. The van der Waals surface area contributed by atoms with Crippen LogP contribution in [0.2, 0.25) is 0 Å². The molecule has 0 fully saturated rings. The van der Waals surface area contributed by atoms with E-state index in [1.807, 2.05) is 0 Å². The molecule has 6 heteroatoms. The van der Waals surface area contributed by atoms with Crippen molar-refractivity contribution in [3.8, 4) is 11.8 Å². The second-order valence-corrected chi connectivity index (χ2v) is 4.11. The lowest BCUT2D eigenvalue weighted by Gasteiger charge is -2.04. The van der Waals surface area contributed by atoms with Crippen LogP contribution in [0.25, 0.3) is 0 Å². The molecular weight excluding hydrogens is 218 g/mol. The molecule has 5 nitrogen and oxygen atoms in total. The lowest BCUT2D eigenvalue weighted by molar-refractivity contribution is -0.117. The van der Waals surface area contributed by atoms with Gasteiger partial charge in [0.2, 0.25) is 0 Å². The van der Waals surface area contributed by atoms with Gasteiger partial charge in [0, 0.05) is 19.1 Å². The summed E-state index contributed by atoms with van der Waals surface area (Å²) in [5.41, 5.74) is 0. The van der Waals surface area contributed by atoms with E-state index in [2.05, 4.69) is 0 Å². The smallest absolute Gasteiger partial charge is 0.194 e. The first-order valence-corrected chi connectivity index (χ1v) is 5.22. The molecule has 1 aromatic rings. The molecule has 0 amide bonds. The van der Waals surface area contributed by atoms with Crippen LogP contribution in [0, 0.1) is 0 Å². The van der Waals surface area contributed by atoms with Crippen LogP contribution in [-0.4, -0.2) is 31.4 Å². The zero-order valence-electron chi connectivity index (χ0n) is 8.14. The van der Waals surface area contributed by atoms with Gasteiger partial charge in [0.05, 0.1) is 12.3 Å². The molecule has 1 aromatic heterocycles. The zero-order valence-corrected chi connectivity index (χ0v) is 8.95. The van der Waals surface area contributed by atoms with E-state index in [0.29, 0.717) is 0 Å². The average Bonchev–Trinajstić information content (AvgIpc) is 2.46. The third-order valence-corrected chi connectivity index (χ3v) is 2.58. The van der Waals surface area contributed by atoms with Crippen LogP contribution in [0.3, 0.4) is 0 Å². The number of nitrogens with zero attached hydrogens (tertiary/aromatic N) is 1. The lowest BCUT2D eigenvalue weighted by atomic mass is 10.4. The lowest BCUT2D eigenvalue weighted by Crippen LogP contribution is -2.12. The zero-order chi connectivity index (χ0) is 11.4. The third-order valence-electron chi connectivity index (χ3n) is 1.71. The predicted octanol–water partition coefficient (Wildman–Crippen LogP) is 0.748. The maximum atomic E-state index is 11.3. The fourth-order valence-corrected chi connectivity index (χ4v) is 1.47. The highest BCUT2D eigenvalue weighted by atomic mass is 32.2. The van der Waals surface area contributed by atoms with Gasteiger partial charge in [-0.25, -0.2) is 0 Å². The molecule has 2 N–H and O–H groups in total. The summed E-state index contributed by atoms with van der Waals surface area (Å²) in [6.45, 7) is 1.24. The van der Waals surface area contributed by atoms with Crippen LogP contribution < -0.4 is 0 Å². The molecule has 1 heterocycles. The summed E-state index contributed by atoms with van der Waals surface area (Å²) < 4.78 is 1.07. The highest BCUT2D eigenvalue weighted by molar-refractivity contribution is 8.14. The Morgan fingerprint density at radius 3 is 2.33 bits per heavy atom. The fourth-order valence-electron chi connectivity index (χ4n) is 1.01. The summed E-state index contributed by atoms with van der Waals surface area (Å²) >= 11 is 0.908. The number of carbonyl (C=O) groups excluding carboxylic acids is 2. The van der Waals surface area contributed by atoms with Crippen molar-refractivity contribution in [2.75, 3.05) is 5.75 Å². The van der Waals surface area contributed by atoms with Crippen LogP contribution in [0.4, 0.5) is 0 Å². The first kappa shape index (κ1) is 11.6. The quantitative estimate of drug-likeness (QED) is 0.796. The molecule has 0 spiro atoms. The third kappa shape index (κ3) is 3.32. The number of rotatable bonds is 4. The van der Waals surface area contributed by atoms with E-state index in [1.165, 1.54) is 19.1 Å². The second-order valence-electron chi connectivity index (χ2n) is 2.95. The summed E-state index contributed by atoms with van der Waals surface area (Å²) in [7, 11) is 0. The summed E-state index contributed by atoms with van der Waals surface area (Å²) in [6, 6.07) is 2.58. The van der Waals surface area contributed by atoms with Crippen LogP contribution in [0.15, 0.2) is 12.1 Å². The van der Waals surface area contributed by atoms with Gasteiger partial charge in [0.1, 0.15) is 0 Å². The molecule has 0 bridgehead atoms. The molecule has 0 saturated carbocycles. The topological polar surface area (TPSA) is 79.5 Å². The van der Waals surface area contributed by atoms with Gasteiger partial charge in [-0.3, -0.25) is 14.2 Å². The van der Waals surface area contributed by atoms with E-state index < -0.39 is 0 Å². The predicted molar refractivity (Wildman–Crippen MR) is 55.9 cm³/mol. The number of Topliss-reactive ketones (excluding diaryl/α,β-unsaturated/α-hetero) is 1. The van der Waals surface area contributed by atoms with E-state index in [0.717, 1.165) is 16.3 Å². The Bertz CT molecular complexity index is 366. The molecule has 0 aliphatic carbocycles. The standard InChI is InChI=1S/C9H11NO4S/c1-6(11)15-5-7(12)4-10-8(13)2-3-9(10)14/h2-3,13-14H,4-5H2,1H3. The van der Waals surface area contributed by atoms with Gasteiger partial charge in [-0.15, -0.1) is 0 Å². The Morgan fingerprint density at radius 2 is 1.87 bits per heavy atom. The summed E-state index contributed by atoms with van der Waals surface area (Å²) in [4.78, 5) is 21.9. The van der Waals surface area contributed by atoms with Gasteiger partial charge in [-0.2, -0.15) is 0 Å². The van der Waals surface area contributed by atoms with Crippen molar-refractivity contribution in [1.29, 1.82) is 0 Å². The van der Waals surface area contributed by atoms with Crippen molar-refractivity contribution in [3.63, 3.8) is 0 Å². The van der Waals surface area contributed by atoms with Gasteiger partial charge >= 0.3 is 0 Å². The van der Waals surface area contributed by atoms with Gasteiger partial charge in [0.15, 0.2) is 22.7 Å². The molecule has 15 heavy (non-hydrogen) atoms. The molecular formula is C9H11NO4S. The number of thioether (sulfide) groups is 1. The maximum Gasteiger partial charge on any atom is 0.194 e. The summed E-state index contributed by atoms with van der Waals surface area (Å²) in [5.74, 6) is -0.536. The van der Waals surface area contributed by atoms with E-state index in [1.54, 1.807) is 0 Å². The number of hydrogen-bond donors (Lipinski definition) is 2. The maximum absolute atomic E-state index is 11.3. The molecule has 82 valence electrons. The highest BCUT2D eigenvalue weighted by Gasteiger charge is 2.11. The minimum absolute atomic E-state index is 0.0480. The molecule has 0 aliphatic heterocycles.